The van der Waals surface area contributed by atoms with Crippen molar-refractivity contribution < 1.29 is 9.18 Å². The van der Waals surface area contributed by atoms with Crippen LogP contribution in [0.25, 0.3) is 16.7 Å². The molecule has 164 valence electrons. The van der Waals surface area contributed by atoms with Crippen LogP contribution >= 0.6 is 11.6 Å². The van der Waals surface area contributed by atoms with E-state index in [2.05, 4.69) is 10.4 Å². The lowest BCUT2D eigenvalue weighted by molar-refractivity contribution is -0.116. The molecule has 2 aromatic heterocycles. The summed E-state index contributed by atoms with van der Waals surface area (Å²) in [7, 11) is 0. The van der Waals surface area contributed by atoms with Crippen molar-refractivity contribution in [3.63, 3.8) is 0 Å². The van der Waals surface area contributed by atoms with Crippen molar-refractivity contribution in [2.24, 2.45) is 0 Å². The van der Waals surface area contributed by atoms with Gasteiger partial charge in [0.05, 0.1) is 11.4 Å². The van der Waals surface area contributed by atoms with Crippen LogP contribution in [-0.4, -0.2) is 20.3 Å². The summed E-state index contributed by atoms with van der Waals surface area (Å²) < 4.78 is 16.9. The van der Waals surface area contributed by atoms with Gasteiger partial charge in [-0.05, 0) is 68.7 Å². The second kappa shape index (κ2) is 8.24. The van der Waals surface area contributed by atoms with Crippen molar-refractivity contribution in [1.29, 1.82) is 0 Å². The van der Waals surface area contributed by atoms with Gasteiger partial charge in [0.15, 0.2) is 0 Å². The lowest BCUT2D eigenvalue weighted by atomic mass is 10.1. The van der Waals surface area contributed by atoms with Gasteiger partial charge in [0.1, 0.15) is 18.0 Å². The van der Waals surface area contributed by atoms with Gasteiger partial charge in [-0.25, -0.2) is 9.07 Å². The van der Waals surface area contributed by atoms with Crippen LogP contribution in [0.5, 0.6) is 0 Å². The Bertz CT molecular complexity index is 1440. The molecular formula is C24H22ClFN4O2. The zero-order valence-corrected chi connectivity index (χ0v) is 18.9. The van der Waals surface area contributed by atoms with Crippen LogP contribution in [0.3, 0.4) is 0 Å². The smallest absolute Gasteiger partial charge is 0.252 e. The third-order valence-corrected chi connectivity index (χ3v) is 5.93. The summed E-state index contributed by atoms with van der Waals surface area (Å²) in [5.74, 6) is -0.864. The Morgan fingerprint density at radius 3 is 2.56 bits per heavy atom. The molecule has 0 unspecified atom stereocenters. The molecule has 8 heteroatoms. The monoisotopic (exact) mass is 452 g/mol. The summed E-state index contributed by atoms with van der Waals surface area (Å²) in [6.45, 7) is 6.96. The summed E-state index contributed by atoms with van der Waals surface area (Å²) in [6.07, 6.45) is 0. The molecule has 0 atom stereocenters. The number of aromatic nitrogens is 3. The zero-order chi connectivity index (χ0) is 23.2. The van der Waals surface area contributed by atoms with Gasteiger partial charge in [0.25, 0.3) is 5.56 Å². The number of nitrogens with one attached hydrogen (secondary N) is 1. The number of anilines is 1. The lowest BCUT2D eigenvalue weighted by Crippen LogP contribution is -2.29. The first-order valence-corrected chi connectivity index (χ1v) is 10.5. The zero-order valence-electron chi connectivity index (χ0n) is 18.2. The van der Waals surface area contributed by atoms with E-state index in [1.54, 1.807) is 29.8 Å². The van der Waals surface area contributed by atoms with Gasteiger partial charge >= 0.3 is 0 Å². The number of amides is 1. The van der Waals surface area contributed by atoms with Crippen molar-refractivity contribution in [3.8, 4) is 5.69 Å². The van der Waals surface area contributed by atoms with E-state index in [9.17, 15) is 14.0 Å². The van der Waals surface area contributed by atoms with Crippen molar-refractivity contribution >= 4 is 34.2 Å². The number of aryl methyl sites for hydroxylation is 3. The van der Waals surface area contributed by atoms with Crippen molar-refractivity contribution in [2.45, 2.75) is 34.2 Å². The molecule has 4 aromatic rings. The number of halogens is 2. The number of pyridine rings is 1. The highest BCUT2D eigenvalue weighted by atomic mass is 35.5. The minimum Gasteiger partial charge on any atom is -0.324 e. The van der Waals surface area contributed by atoms with Crippen LogP contribution in [0.1, 0.15) is 22.4 Å². The molecule has 0 aliphatic heterocycles. The Morgan fingerprint density at radius 2 is 1.84 bits per heavy atom. The molecule has 2 aromatic carbocycles. The van der Waals surface area contributed by atoms with Gasteiger partial charge in [-0.2, -0.15) is 5.10 Å². The van der Waals surface area contributed by atoms with E-state index in [0.29, 0.717) is 21.9 Å². The summed E-state index contributed by atoms with van der Waals surface area (Å²) in [5, 5.41) is 8.68. The molecule has 2 heterocycles. The number of hydrogen-bond donors (Lipinski definition) is 1. The molecule has 32 heavy (non-hydrogen) atoms. The quantitative estimate of drug-likeness (QED) is 0.481. The average Bonchev–Trinajstić information content (AvgIpc) is 3.07. The van der Waals surface area contributed by atoms with Crippen molar-refractivity contribution in [3.05, 3.63) is 86.0 Å². The topological polar surface area (TPSA) is 68.9 Å². The number of carbonyl (C=O) groups is 1. The fraction of sp³-hybridized carbons (Fsp3) is 0.208. The molecule has 1 N–H and O–H groups in total. The molecule has 4 rings (SSSR count). The minimum atomic E-state index is -0.450. The highest BCUT2D eigenvalue weighted by Crippen LogP contribution is 2.28. The van der Waals surface area contributed by atoms with Crippen LogP contribution in [0.4, 0.5) is 10.1 Å². The Labute approximate surface area is 189 Å². The number of benzene rings is 2. The normalized spacial score (nSPS) is 11.2. The summed E-state index contributed by atoms with van der Waals surface area (Å²) in [5.41, 5.74) is 4.00. The van der Waals surface area contributed by atoms with Gasteiger partial charge in [-0.3, -0.25) is 14.2 Å². The third kappa shape index (κ3) is 3.80. The predicted octanol–water partition coefficient (Wildman–Crippen LogP) is 4.85. The van der Waals surface area contributed by atoms with Gasteiger partial charge in [-0.1, -0.05) is 23.7 Å². The van der Waals surface area contributed by atoms with E-state index in [1.807, 2.05) is 32.9 Å². The Kier molecular flexibility index (Phi) is 5.60. The SMILES string of the molecule is Cc1ccc(NC(=O)Cn2c(=O)cc(C)c3c(C)nn(-c4cccc(Cl)c4C)c32)cc1F. The highest BCUT2D eigenvalue weighted by Gasteiger charge is 2.20. The second-order valence-corrected chi connectivity index (χ2v) is 8.25. The number of rotatable bonds is 4. The number of hydrogen-bond acceptors (Lipinski definition) is 3. The maximum Gasteiger partial charge on any atom is 0.252 e. The Morgan fingerprint density at radius 1 is 1.09 bits per heavy atom. The first kappa shape index (κ1) is 21.8. The highest BCUT2D eigenvalue weighted by molar-refractivity contribution is 6.31. The number of fused-ring (bicyclic) bond motifs is 1. The summed E-state index contributed by atoms with van der Waals surface area (Å²) >= 11 is 6.32. The minimum absolute atomic E-state index is 0.254. The fourth-order valence-corrected chi connectivity index (χ4v) is 4.00. The third-order valence-electron chi connectivity index (χ3n) is 5.52. The lowest BCUT2D eigenvalue weighted by Gasteiger charge is -2.14. The van der Waals surface area contributed by atoms with E-state index in [-0.39, 0.29) is 12.1 Å². The molecule has 0 bridgehead atoms. The number of carbonyl (C=O) groups excluding carboxylic acids is 1. The molecule has 0 aliphatic carbocycles. The van der Waals surface area contributed by atoms with Gasteiger partial charge in [0, 0.05) is 22.2 Å². The fourth-order valence-electron chi connectivity index (χ4n) is 3.83. The van der Waals surface area contributed by atoms with E-state index >= 15 is 0 Å². The largest absolute Gasteiger partial charge is 0.324 e. The van der Waals surface area contributed by atoms with E-state index in [1.165, 1.54) is 16.7 Å². The molecule has 0 saturated heterocycles. The van der Waals surface area contributed by atoms with Crippen LogP contribution in [-0.2, 0) is 11.3 Å². The average molecular weight is 453 g/mol. The van der Waals surface area contributed by atoms with Gasteiger partial charge < -0.3 is 5.32 Å². The maximum atomic E-state index is 13.9. The molecule has 0 radical (unpaired) electrons. The number of nitrogens with zero attached hydrogens (tertiary/aromatic N) is 3. The molecular weight excluding hydrogens is 431 g/mol. The molecule has 6 nitrogen and oxygen atoms in total. The standard InChI is InChI=1S/C24H22ClFN4O2/c1-13-8-9-17(11-19(13)26)27-21(31)12-29-22(32)10-14(2)23-16(4)28-30(24(23)29)20-7-5-6-18(25)15(20)3/h5-11H,12H2,1-4H3,(H,27,31). The predicted molar refractivity (Wildman–Crippen MR) is 124 cm³/mol. The first-order valence-electron chi connectivity index (χ1n) is 10.1. The van der Waals surface area contributed by atoms with Crippen LogP contribution < -0.4 is 10.9 Å². The summed E-state index contributed by atoms with van der Waals surface area (Å²) in [4.78, 5) is 25.7. The van der Waals surface area contributed by atoms with E-state index < -0.39 is 11.7 Å². The van der Waals surface area contributed by atoms with E-state index in [0.717, 1.165) is 27.9 Å². The van der Waals surface area contributed by atoms with Crippen LogP contribution in [0.15, 0.2) is 47.3 Å². The van der Waals surface area contributed by atoms with Crippen molar-refractivity contribution in [1.82, 2.24) is 14.3 Å². The van der Waals surface area contributed by atoms with Crippen LogP contribution in [0, 0.1) is 33.5 Å². The van der Waals surface area contributed by atoms with Crippen molar-refractivity contribution in [2.75, 3.05) is 5.32 Å². The Balaban J connectivity index is 1.84. The molecule has 0 spiro atoms. The molecule has 0 aliphatic rings. The van der Waals surface area contributed by atoms with Gasteiger partial charge in [0.2, 0.25) is 5.91 Å². The Hall–Kier alpha value is -3.45. The molecule has 1 amide bonds. The summed E-state index contributed by atoms with van der Waals surface area (Å²) in [6, 6.07) is 11.4. The maximum absolute atomic E-state index is 13.9. The molecule has 0 saturated carbocycles. The molecule has 0 fully saturated rings. The van der Waals surface area contributed by atoms with E-state index in [4.69, 9.17) is 11.6 Å². The second-order valence-electron chi connectivity index (χ2n) is 7.84. The van der Waals surface area contributed by atoms with Crippen LogP contribution in [0.2, 0.25) is 5.02 Å². The van der Waals surface area contributed by atoms with Gasteiger partial charge in [-0.15, -0.1) is 0 Å². The first-order chi connectivity index (χ1) is 15.2.